The highest BCUT2D eigenvalue weighted by Gasteiger charge is 2.02. The van der Waals surface area contributed by atoms with Gasteiger partial charge in [-0.05, 0) is 12.3 Å². The van der Waals surface area contributed by atoms with Crippen LogP contribution in [-0.4, -0.2) is 12.6 Å². The summed E-state index contributed by atoms with van der Waals surface area (Å²) < 4.78 is 4.56. The summed E-state index contributed by atoms with van der Waals surface area (Å²) in [6.07, 6.45) is 0. The van der Waals surface area contributed by atoms with Gasteiger partial charge in [-0.25, -0.2) is 4.79 Å². The van der Waals surface area contributed by atoms with Crippen molar-refractivity contribution in [3.63, 3.8) is 0 Å². The lowest BCUT2D eigenvalue weighted by molar-refractivity contribution is -0.137. The average Bonchev–Trinajstić information content (AvgIpc) is 1.87. The molecule has 0 aromatic rings. The van der Waals surface area contributed by atoms with Crippen molar-refractivity contribution in [2.24, 2.45) is 0 Å². The quantitative estimate of drug-likeness (QED) is 0.365. The lowest BCUT2D eigenvalue weighted by Crippen LogP contribution is -2.02. The van der Waals surface area contributed by atoms with Gasteiger partial charge in [0, 0.05) is 0 Å². The van der Waals surface area contributed by atoms with E-state index in [1.54, 1.807) is 6.92 Å². The Labute approximate surface area is 65.1 Å². The molecule has 0 heterocycles. The fraction of sp³-hybridized carbons (Fsp3) is 0.400. The monoisotopic (exact) mass is 164 g/mol. The minimum atomic E-state index is -0.434. The Balaban J connectivity index is 3.74. The van der Waals surface area contributed by atoms with Gasteiger partial charge in [-0.3, -0.25) is 0 Å². The summed E-state index contributed by atoms with van der Waals surface area (Å²) in [7, 11) is 0. The molecule has 0 aromatic carbocycles. The van der Waals surface area contributed by atoms with E-state index < -0.39 is 5.97 Å². The van der Waals surface area contributed by atoms with Crippen molar-refractivity contribution < 1.29 is 9.53 Å². The number of hydrogen-bond donors (Lipinski definition) is 2. The minimum absolute atomic E-state index is 0.222. The lowest BCUT2D eigenvalue weighted by atomic mass is 10.6. The van der Waals surface area contributed by atoms with Gasteiger partial charge in [-0.15, -0.1) is 25.3 Å². The molecule has 0 bridgehead atoms. The summed E-state index contributed by atoms with van der Waals surface area (Å²) in [5.74, 6) is -0.434. The summed E-state index contributed by atoms with van der Waals surface area (Å²) in [6.45, 7) is 2.10. The Bertz CT molecular complexity index is 131. The van der Waals surface area contributed by atoms with Gasteiger partial charge in [0.15, 0.2) is 0 Å². The predicted octanol–water partition coefficient (Wildman–Crippen LogP) is 1.25. The molecule has 0 aliphatic rings. The molecule has 0 aliphatic carbocycles. The molecule has 0 atom stereocenters. The molecule has 0 rings (SSSR count). The van der Waals surface area contributed by atoms with Crippen LogP contribution in [0.1, 0.15) is 6.92 Å². The molecule has 4 heteroatoms. The van der Waals surface area contributed by atoms with E-state index in [1.165, 1.54) is 5.41 Å². The van der Waals surface area contributed by atoms with Crippen molar-refractivity contribution in [3.8, 4) is 0 Å². The Hall–Kier alpha value is -0.0900. The first kappa shape index (κ1) is 8.91. The second-order valence-electron chi connectivity index (χ2n) is 1.23. The van der Waals surface area contributed by atoms with E-state index in [2.05, 4.69) is 30.0 Å². The molecule has 0 aliphatic heterocycles. The van der Waals surface area contributed by atoms with Crippen LogP contribution in [0.2, 0.25) is 0 Å². The number of esters is 1. The molecule has 52 valence electrons. The van der Waals surface area contributed by atoms with Crippen molar-refractivity contribution in [2.75, 3.05) is 6.61 Å². The van der Waals surface area contributed by atoms with Crippen molar-refractivity contribution in [3.05, 3.63) is 10.3 Å². The third kappa shape index (κ3) is 3.48. The van der Waals surface area contributed by atoms with Gasteiger partial charge in [0.1, 0.15) is 0 Å². The van der Waals surface area contributed by atoms with E-state index in [4.69, 9.17) is 0 Å². The number of carbonyl (C=O) groups is 1. The molecule has 0 saturated heterocycles. The molecule has 0 amide bonds. The fourth-order valence-corrected chi connectivity index (χ4v) is 0.428. The maximum Gasteiger partial charge on any atom is 0.344 e. The highest BCUT2D eigenvalue weighted by molar-refractivity contribution is 7.88. The molecule has 9 heavy (non-hydrogen) atoms. The summed E-state index contributed by atoms with van der Waals surface area (Å²) in [4.78, 5) is 10.8. The van der Waals surface area contributed by atoms with Crippen LogP contribution in [0.25, 0.3) is 0 Å². The van der Waals surface area contributed by atoms with Crippen LogP contribution in [0.4, 0.5) is 0 Å². The zero-order valence-corrected chi connectivity index (χ0v) is 6.78. The standard InChI is InChI=1S/C5H8O2S2/c1-2-7-5(6)4(9)3-8/h3,8-9H,2H2,1H3. The average molecular weight is 164 g/mol. The molecule has 0 radical (unpaired) electrons. The van der Waals surface area contributed by atoms with Gasteiger partial charge < -0.3 is 4.74 Å². The fourth-order valence-electron chi connectivity index (χ4n) is 0.258. The molecule has 0 fully saturated rings. The van der Waals surface area contributed by atoms with Crippen molar-refractivity contribution in [1.82, 2.24) is 0 Å². The first-order valence-electron chi connectivity index (χ1n) is 2.42. The molecule has 0 unspecified atom stereocenters. The maximum atomic E-state index is 10.6. The van der Waals surface area contributed by atoms with Gasteiger partial charge in [-0.1, -0.05) is 0 Å². The van der Waals surface area contributed by atoms with Gasteiger partial charge in [-0.2, -0.15) is 0 Å². The van der Waals surface area contributed by atoms with Gasteiger partial charge in [0.05, 0.1) is 11.5 Å². The van der Waals surface area contributed by atoms with Crippen molar-refractivity contribution >= 4 is 31.2 Å². The third-order valence-electron chi connectivity index (χ3n) is 0.607. The highest BCUT2D eigenvalue weighted by Crippen LogP contribution is 2.03. The molecule has 0 saturated carbocycles. The van der Waals surface area contributed by atoms with E-state index in [0.717, 1.165) is 0 Å². The van der Waals surface area contributed by atoms with Crippen LogP contribution >= 0.6 is 25.3 Å². The van der Waals surface area contributed by atoms with Crippen LogP contribution in [-0.2, 0) is 9.53 Å². The second-order valence-corrected chi connectivity index (χ2v) is 1.97. The van der Waals surface area contributed by atoms with E-state index in [9.17, 15) is 4.79 Å². The van der Waals surface area contributed by atoms with Crippen LogP contribution in [0, 0.1) is 0 Å². The van der Waals surface area contributed by atoms with Crippen LogP contribution in [0.5, 0.6) is 0 Å². The Morgan fingerprint density at radius 3 is 2.67 bits per heavy atom. The second kappa shape index (κ2) is 4.76. The van der Waals surface area contributed by atoms with Crippen molar-refractivity contribution in [2.45, 2.75) is 6.92 Å². The SMILES string of the molecule is CCOC(=O)C(S)=CS. The molecule has 0 N–H and O–H groups in total. The molecular weight excluding hydrogens is 156 g/mol. The van der Waals surface area contributed by atoms with E-state index >= 15 is 0 Å². The van der Waals surface area contributed by atoms with Crippen LogP contribution in [0.3, 0.4) is 0 Å². The first-order chi connectivity index (χ1) is 4.22. The Kier molecular flexibility index (Phi) is 4.71. The maximum absolute atomic E-state index is 10.6. The largest absolute Gasteiger partial charge is 0.462 e. The van der Waals surface area contributed by atoms with Gasteiger partial charge >= 0.3 is 5.97 Å². The van der Waals surface area contributed by atoms with E-state index in [0.29, 0.717) is 6.61 Å². The van der Waals surface area contributed by atoms with Crippen molar-refractivity contribution in [1.29, 1.82) is 0 Å². The van der Waals surface area contributed by atoms with Crippen LogP contribution < -0.4 is 0 Å². The van der Waals surface area contributed by atoms with E-state index in [1.807, 2.05) is 0 Å². The molecular formula is C5H8O2S2. The summed E-state index contributed by atoms with van der Waals surface area (Å²) in [5, 5.41) is 1.29. The Morgan fingerprint density at radius 1 is 1.78 bits per heavy atom. The molecule has 2 nitrogen and oxygen atoms in total. The zero-order chi connectivity index (χ0) is 7.28. The van der Waals surface area contributed by atoms with Gasteiger partial charge in [0.2, 0.25) is 0 Å². The Morgan fingerprint density at radius 2 is 2.33 bits per heavy atom. The molecule has 0 spiro atoms. The summed E-state index contributed by atoms with van der Waals surface area (Å²) in [5.41, 5.74) is 0. The lowest BCUT2D eigenvalue weighted by Gasteiger charge is -1.97. The zero-order valence-electron chi connectivity index (χ0n) is 5.00. The number of ether oxygens (including phenoxy) is 1. The number of thiol groups is 2. The highest BCUT2D eigenvalue weighted by atomic mass is 32.1. The molecule has 0 aromatic heterocycles. The smallest absolute Gasteiger partial charge is 0.344 e. The van der Waals surface area contributed by atoms with Gasteiger partial charge in [0.25, 0.3) is 0 Å². The predicted molar refractivity (Wildman–Crippen MR) is 42.7 cm³/mol. The number of rotatable bonds is 2. The van der Waals surface area contributed by atoms with E-state index in [-0.39, 0.29) is 4.91 Å². The number of carbonyl (C=O) groups excluding carboxylic acids is 1. The normalized spacial score (nSPS) is 11.2. The van der Waals surface area contributed by atoms with Crippen LogP contribution in [0.15, 0.2) is 10.3 Å². The minimum Gasteiger partial charge on any atom is -0.462 e. The first-order valence-corrected chi connectivity index (χ1v) is 3.39. The summed E-state index contributed by atoms with van der Waals surface area (Å²) >= 11 is 7.48. The summed E-state index contributed by atoms with van der Waals surface area (Å²) in [6, 6.07) is 0. The number of hydrogen-bond acceptors (Lipinski definition) is 4. The topological polar surface area (TPSA) is 26.3 Å². The third-order valence-corrected chi connectivity index (χ3v) is 1.38.